The molecule has 2 aromatic rings. The molecule has 1 N–H and O–H groups in total. The molecule has 0 bridgehead atoms. The molecule has 2 amide bonds. The third kappa shape index (κ3) is 5.17. The molecule has 27 heavy (non-hydrogen) atoms. The summed E-state index contributed by atoms with van der Waals surface area (Å²) in [6.07, 6.45) is 0.338. The van der Waals surface area contributed by atoms with Crippen LogP contribution in [0.2, 0.25) is 5.02 Å². The van der Waals surface area contributed by atoms with Gasteiger partial charge in [-0.2, -0.15) is 0 Å². The average molecular weight is 408 g/mol. The molecule has 0 atom stereocenters. The number of hydrogen-bond donors (Lipinski definition) is 1. The van der Waals surface area contributed by atoms with Crippen LogP contribution in [-0.4, -0.2) is 53.1 Å². The predicted molar refractivity (Wildman–Crippen MR) is 107 cm³/mol. The van der Waals surface area contributed by atoms with Gasteiger partial charge in [0.25, 0.3) is 0 Å². The molecule has 2 heterocycles. The minimum Gasteiger partial charge on any atom is -0.368 e. The fraction of sp³-hybridized carbons (Fsp3) is 0.444. The number of carbonyl (C=O) groups is 2. The van der Waals surface area contributed by atoms with E-state index in [0.717, 1.165) is 23.8 Å². The lowest BCUT2D eigenvalue weighted by Crippen LogP contribution is -2.49. The summed E-state index contributed by atoms with van der Waals surface area (Å²) in [4.78, 5) is 28.4. The van der Waals surface area contributed by atoms with E-state index in [2.05, 4.69) is 27.3 Å². The van der Waals surface area contributed by atoms with Crippen molar-refractivity contribution in [2.24, 2.45) is 0 Å². The van der Waals surface area contributed by atoms with Crippen LogP contribution in [0.3, 0.4) is 0 Å². The normalized spacial score (nSPS) is 14.3. The van der Waals surface area contributed by atoms with Crippen LogP contribution in [0, 0.1) is 13.8 Å². The van der Waals surface area contributed by atoms with E-state index in [1.165, 1.54) is 16.9 Å². The second-order valence-electron chi connectivity index (χ2n) is 6.47. The second kappa shape index (κ2) is 8.67. The number of nitrogens with one attached hydrogen (secondary N) is 1. The van der Waals surface area contributed by atoms with Gasteiger partial charge < -0.3 is 15.1 Å². The van der Waals surface area contributed by atoms with E-state index < -0.39 is 0 Å². The van der Waals surface area contributed by atoms with Crippen molar-refractivity contribution in [2.75, 3.05) is 36.4 Å². The van der Waals surface area contributed by atoms with Gasteiger partial charge in [-0.25, -0.2) is 0 Å². The van der Waals surface area contributed by atoms with Crippen LogP contribution in [0.15, 0.2) is 18.2 Å². The highest BCUT2D eigenvalue weighted by atomic mass is 35.5. The largest absolute Gasteiger partial charge is 0.368 e. The monoisotopic (exact) mass is 407 g/mol. The van der Waals surface area contributed by atoms with Gasteiger partial charge >= 0.3 is 0 Å². The van der Waals surface area contributed by atoms with Crippen molar-refractivity contribution in [3.05, 3.63) is 33.8 Å². The molecule has 1 aromatic heterocycles. The maximum Gasteiger partial charge on any atom is 0.226 e. The summed E-state index contributed by atoms with van der Waals surface area (Å²) in [5.74, 6) is -0.214. The Morgan fingerprint density at radius 3 is 2.56 bits per heavy atom. The number of aromatic nitrogens is 2. The Labute approximate surface area is 167 Å². The van der Waals surface area contributed by atoms with Gasteiger partial charge in [-0.05, 0) is 31.5 Å². The Kier molecular flexibility index (Phi) is 6.28. The van der Waals surface area contributed by atoms with Crippen LogP contribution in [-0.2, 0) is 9.59 Å². The molecule has 1 aliphatic rings. The Bertz CT molecular complexity index is 833. The number of rotatable bonds is 5. The number of benzene rings is 1. The zero-order valence-corrected chi connectivity index (χ0v) is 16.9. The molecule has 0 aliphatic carbocycles. The van der Waals surface area contributed by atoms with Gasteiger partial charge in [0.05, 0.1) is 0 Å². The second-order valence-corrected chi connectivity index (χ2v) is 8.09. The molecule has 144 valence electrons. The molecule has 0 radical (unpaired) electrons. The standard InChI is InChI=1S/C18H22ClN5O2S/c1-12-3-4-14(19)11-15(12)23-7-9-24(10-8-23)17(26)6-5-16(25)20-18-22-21-13(2)27-18/h3-4,11H,5-10H2,1-2H3,(H,20,22,25). The molecule has 1 aliphatic heterocycles. The minimum absolute atomic E-state index is 0.000982. The molecule has 3 rings (SSSR count). The van der Waals surface area contributed by atoms with Gasteiger partial charge in [-0.1, -0.05) is 29.0 Å². The zero-order chi connectivity index (χ0) is 19.4. The molecule has 1 aromatic carbocycles. The summed E-state index contributed by atoms with van der Waals surface area (Å²) >= 11 is 7.42. The predicted octanol–water partition coefficient (Wildman–Crippen LogP) is 2.88. The molecule has 1 saturated heterocycles. The average Bonchev–Trinajstić information content (AvgIpc) is 3.06. The summed E-state index contributed by atoms with van der Waals surface area (Å²) in [5.41, 5.74) is 2.28. The van der Waals surface area contributed by atoms with Gasteiger partial charge in [-0.3, -0.25) is 9.59 Å². The molecular formula is C18H22ClN5O2S. The first-order valence-corrected chi connectivity index (χ1v) is 10.0. The Morgan fingerprint density at radius 1 is 1.15 bits per heavy atom. The number of anilines is 2. The van der Waals surface area contributed by atoms with Crippen LogP contribution in [0.25, 0.3) is 0 Å². The van der Waals surface area contributed by atoms with E-state index in [-0.39, 0.29) is 24.7 Å². The maximum atomic E-state index is 12.4. The fourth-order valence-electron chi connectivity index (χ4n) is 3.03. The van der Waals surface area contributed by atoms with Crippen LogP contribution in [0.5, 0.6) is 0 Å². The van der Waals surface area contributed by atoms with Crippen molar-refractivity contribution >= 4 is 45.6 Å². The Hall–Kier alpha value is -2.19. The number of hydrogen-bond acceptors (Lipinski definition) is 6. The van der Waals surface area contributed by atoms with Crippen molar-refractivity contribution in [3.8, 4) is 0 Å². The maximum absolute atomic E-state index is 12.4. The third-order valence-corrected chi connectivity index (χ3v) is 5.47. The number of carbonyl (C=O) groups excluding carboxylic acids is 2. The van der Waals surface area contributed by atoms with Crippen molar-refractivity contribution in [1.29, 1.82) is 0 Å². The molecule has 9 heteroatoms. The van der Waals surface area contributed by atoms with Crippen LogP contribution in [0.1, 0.15) is 23.4 Å². The number of halogens is 1. The first-order valence-electron chi connectivity index (χ1n) is 8.81. The van der Waals surface area contributed by atoms with Crippen molar-refractivity contribution in [3.63, 3.8) is 0 Å². The number of amides is 2. The van der Waals surface area contributed by atoms with Crippen molar-refractivity contribution in [2.45, 2.75) is 26.7 Å². The first kappa shape index (κ1) is 19.6. The molecule has 0 spiro atoms. The van der Waals surface area contributed by atoms with Crippen molar-refractivity contribution < 1.29 is 9.59 Å². The van der Waals surface area contributed by atoms with Gasteiger partial charge in [-0.15, -0.1) is 10.2 Å². The topological polar surface area (TPSA) is 78.4 Å². The number of piperazine rings is 1. The molecule has 0 unspecified atom stereocenters. The third-order valence-electron chi connectivity index (χ3n) is 4.48. The van der Waals surface area contributed by atoms with Crippen molar-refractivity contribution in [1.82, 2.24) is 15.1 Å². The van der Waals surface area contributed by atoms with Gasteiger partial charge in [0.2, 0.25) is 16.9 Å². The van der Waals surface area contributed by atoms with Gasteiger partial charge in [0.1, 0.15) is 5.01 Å². The Morgan fingerprint density at radius 2 is 1.89 bits per heavy atom. The lowest BCUT2D eigenvalue weighted by Gasteiger charge is -2.37. The zero-order valence-electron chi connectivity index (χ0n) is 15.4. The summed E-state index contributed by atoms with van der Waals surface area (Å²) in [6.45, 7) is 6.67. The van der Waals surface area contributed by atoms with E-state index in [0.29, 0.717) is 23.2 Å². The van der Waals surface area contributed by atoms with Crippen LogP contribution >= 0.6 is 22.9 Å². The highest BCUT2D eigenvalue weighted by molar-refractivity contribution is 7.15. The molecular weight excluding hydrogens is 386 g/mol. The highest BCUT2D eigenvalue weighted by Crippen LogP contribution is 2.25. The summed E-state index contributed by atoms with van der Waals surface area (Å²) in [6, 6.07) is 5.86. The lowest BCUT2D eigenvalue weighted by molar-refractivity contribution is -0.133. The summed E-state index contributed by atoms with van der Waals surface area (Å²) in [7, 11) is 0. The van der Waals surface area contributed by atoms with Gasteiger partial charge in [0, 0.05) is 49.7 Å². The lowest BCUT2D eigenvalue weighted by atomic mass is 10.1. The van der Waals surface area contributed by atoms with Crippen LogP contribution in [0.4, 0.5) is 10.8 Å². The molecule has 1 fully saturated rings. The minimum atomic E-state index is -0.215. The molecule has 7 nitrogen and oxygen atoms in total. The first-order chi connectivity index (χ1) is 12.9. The highest BCUT2D eigenvalue weighted by Gasteiger charge is 2.22. The SMILES string of the molecule is Cc1nnc(NC(=O)CCC(=O)N2CCN(c3cc(Cl)ccc3C)CC2)s1. The summed E-state index contributed by atoms with van der Waals surface area (Å²) in [5, 5.41) is 12.3. The van der Waals surface area contributed by atoms with E-state index in [4.69, 9.17) is 11.6 Å². The van der Waals surface area contributed by atoms with Gasteiger partial charge in [0.15, 0.2) is 0 Å². The number of nitrogens with zero attached hydrogens (tertiary/aromatic N) is 4. The fourth-order valence-corrected chi connectivity index (χ4v) is 3.80. The smallest absolute Gasteiger partial charge is 0.226 e. The van der Waals surface area contributed by atoms with E-state index in [1.807, 2.05) is 30.0 Å². The number of aryl methyl sites for hydroxylation is 2. The van der Waals surface area contributed by atoms with E-state index in [1.54, 1.807) is 0 Å². The van der Waals surface area contributed by atoms with E-state index >= 15 is 0 Å². The quantitative estimate of drug-likeness (QED) is 0.824. The Balaban J connectivity index is 1.45. The van der Waals surface area contributed by atoms with E-state index in [9.17, 15) is 9.59 Å². The summed E-state index contributed by atoms with van der Waals surface area (Å²) < 4.78 is 0. The van der Waals surface area contributed by atoms with Crippen LogP contribution < -0.4 is 10.2 Å². The molecule has 0 saturated carbocycles.